The maximum Gasteiger partial charge on any atom is 1.00 e. The Balaban J connectivity index is 0.00000144. The molecule has 1 atom stereocenters. The van der Waals surface area contributed by atoms with Crippen molar-refractivity contribution in [3.63, 3.8) is 0 Å². The van der Waals surface area contributed by atoms with E-state index in [0.29, 0.717) is 0 Å². The van der Waals surface area contributed by atoms with E-state index in [1.165, 1.54) is 13.8 Å². The Bertz CT molecular complexity index is 238. The summed E-state index contributed by atoms with van der Waals surface area (Å²) in [6, 6.07) is 0. The molecule has 0 aromatic heterocycles. The Labute approximate surface area is 118 Å². The maximum absolute atomic E-state index is 12.5. The van der Waals surface area contributed by atoms with Gasteiger partial charge >= 0.3 is 58.4 Å². The Morgan fingerprint density at radius 3 is 1.69 bits per heavy atom. The molecule has 0 N–H and O–H groups in total. The molecule has 0 spiro atoms. The third-order valence-electron chi connectivity index (χ3n) is 3.38. The number of hydrogen-bond donors (Lipinski definition) is 0. The summed E-state index contributed by atoms with van der Waals surface area (Å²) in [6.07, 6.45) is -0.344. The van der Waals surface area contributed by atoms with E-state index in [2.05, 4.69) is 0 Å². The van der Waals surface area contributed by atoms with Gasteiger partial charge in [0.1, 0.15) is 5.78 Å². The molecule has 0 radical (unpaired) electrons. The number of rotatable bonds is 1. The summed E-state index contributed by atoms with van der Waals surface area (Å²) in [5, 5.41) is -1.76. The Morgan fingerprint density at radius 1 is 1.23 bits per heavy atom. The van der Waals surface area contributed by atoms with Crippen LogP contribution in [0.15, 0.2) is 0 Å². The van der Waals surface area contributed by atoms with Crippen LogP contribution in [0, 0.1) is 5.41 Å². The summed E-state index contributed by atoms with van der Waals surface area (Å²) >= 11 is 0. The Kier molecular flexibility index (Phi) is 3.95. The van der Waals surface area contributed by atoms with Crippen LogP contribution in [0.1, 0.15) is 27.2 Å². The molecule has 0 saturated heterocycles. The summed E-state index contributed by atoms with van der Waals surface area (Å²) in [5.74, 6) is -0.288. The van der Waals surface area contributed by atoms with Gasteiger partial charge in [-0.3, -0.25) is 4.79 Å². The summed E-state index contributed by atoms with van der Waals surface area (Å²) in [5.41, 5.74) is -1.22. The van der Waals surface area contributed by atoms with Gasteiger partial charge < -0.3 is 12.9 Å². The molecular weight excluding hydrogens is 207 g/mol. The van der Waals surface area contributed by atoms with Crippen LogP contribution in [0.25, 0.3) is 0 Å². The molecule has 0 aromatic carbocycles. The quantitative estimate of drug-likeness (QED) is 0.547. The molecule has 0 amide bonds. The fraction of sp³-hybridized carbons (Fsp3) is 0.857. The number of ketones is 1. The van der Waals surface area contributed by atoms with Gasteiger partial charge in [-0.25, -0.2) is 0 Å². The number of carbonyl (C=O) groups is 1. The minimum Gasteiger partial charge on any atom is -0.449 e. The van der Waals surface area contributed by atoms with Crippen molar-refractivity contribution in [3.05, 3.63) is 0 Å². The Hall–Kier alpha value is 1.16. The number of Topliss-reactive ketones (excluding diaryl/α,β-unsaturated/α-hetero) is 1. The first-order valence-electron chi connectivity index (χ1n) is 3.85. The second kappa shape index (κ2) is 3.63. The number of hydrogen-bond acceptors (Lipinski definition) is 1. The predicted molar refractivity (Wildman–Crippen MR) is 40.9 cm³/mol. The van der Waals surface area contributed by atoms with Crippen LogP contribution in [0.2, 0.25) is 5.31 Å². The van der Waals surface area contributed by atoms with Crippen LogP contribution in [0.5, 0.6) is 0 Å². The molecule has 1 unspecified atom stereocenters. The van der Waals surface area contributed by atoms with E-state index in [1.54, 1.807) is 0 Å². The first kappa shape index (κ1) is 14.2. The minimum absolute atomic E-state index is 0. The van der Waals surface area contributed by atoms with Gasteiger partial charge in [0, 0.05) is 5.41 Å². The van der Waals surface area contributed by atoms with E-state index < -0.39 is 17.7 Å². The van der Waals surface area contributed by atoms with Crippen molar-refractivity contribution in [2.75, 3.05) is 0 Å². The zero-order chi connectivity index (χ0) is 9.78. The second-order valence-electron chi connectivity index (χ2n) is 4.22. The molecule has 6 heteroatoms. The normalized spacial score (nSPS) is 32.0. The van der Waals surface area contributed by atoms with Crippen molar-refractivity contribution in [1.29, 1.82) is 0 Å². The van der Waals surface area contributed by atoms with Crippen molar-refractivity contribution in [1.82, 2.24) is 0 Å². The standard InChI is InChI=1S/C7H11BF3O.K/c1-6(2)5(12)4-7(6,3)8(9,10)11;/h4H2,1-3H3;/q-1;+1. The van der Waals surface area contributed by atoms with E-state index in [-0.39, 0.29) is 63.6 Å². The zero-order valence-electron chi connectivity index (χ0n) is 8.33. The van der Waals surface area contributed by atoms with E-state index in [9.17, 15) is 17.7 Å². The van der Waals surface area contributed by atoms with Gasteiger partial charge in [0.25, 0.3) is 0 Å². The monoisotopic (exact) mass is 218 g/mol. The van der Waals surface area contributed by atoms with Gasteiger partial charge in [0.15, 0.2) is 0 Å². The summed E-state index contributed by atoms with van der Waals surface area (Å²) < 4.78 is 37.4. The van der Waals surface area contributed by atoms with Crippen LogP contribution in [0.4, 0.5) is 12.9 Å². The van der Waals surface area contributed by atoms with E-state index >= 15 is 0 Å². The van der Waals surface area contributed by atoms with Gasteiger partial charge in [-0.1, -0.05) is 20.8 Å². The molecule has 1 nitrogen and oxygen atoms in total. The Morgan fingerprint density at radius 2 is 1.62 bits per heavy atom. The molecule has 70 valence electrons. The van der Waals surface area contributed by atoms with Crippen molar-refractivity contribution in [2.45, 2.75) is 32.5 Å². The van der Waals surface area contributed by atoms with Crippen LogP contribution in [0.3, 0.4) is 0 Å². The van der Waals surface area contributed by atoms with Crippen LogP contribution in [-0.2, 0) is 4.79 Å². The second-order valence-corrected chi connectivity index (χ2v) is 4.22. The maximum atomic E-state index is 12.5. The van der Waals surface area contributed by atoms with Crippen molar-refractivity contribution in [2.24, 2.45) is 5.41 Å². The third-order valence-corrected chi connectivity index (χ3v) is 3.38. The molecule has 1 fully saturated rings. The van der Waals surface area contributed by atoms with Crippen molar-refractivity contribution < 1.29 is 69.1 Å². The average Bonchev–Trinajstić information content (AvgIpc) is 1.85. The molecule has 0 aliphatic heterocycles. The number of carbonyl (C=O) groups excluding carboxylic acids is 1. The van der Waals surface area contributed by atoms with Gasteiger partial charge in [-0.15, -0.1) is 0 Å². The fourth-order valence-electron chi connectivity index (χ4n) is 1.51. The largest absolute Gasteiger partial charge is 1.00 e. The molecule has 13 heavy (non-hydrogen) atoms. The smallest absolute Gasteiger partial charge is 0.449 e. The summed E-state index contributed by atoms with van der Waals surface area (Å²) in [7, 11) is 0. The average molecular weight is 218 g/mol. The van der Waals surface area contributed by atoms with Crippen LogP contribution < -0.4 is 51.4 Å². The van der Waals surface area contributed by atoms with Crippen molar-refractivity contribution >= 4 is 12.8 Å². The van der Waals surface area contributed by atoms with E-state index in [4.69, 9.17) is 0 Å². The van der Waals surface area contributed by atoms with Gasteiger partial charge in [-0.2, -0.15) is 0 Å². The predicted octanol–water partition coefficient (Wildman–Crippen LogP) is -0.403. The first-order valence-corrected chi connectivity index (χ1v) is 3.85. The van der Waals surface area contributed by atoms with Crippen LogP contribution in [-0.4, -0.2) is 12.8 Å². The van der Waals surface area contributed by atoms with E-state index in [1.807, 2.05) is 0 Å². The SMILES string of the molecule is CC1(C)C(=O)CC1(C)[B-](F)(F)F.[K+]. The first-order chi connectivity index (χ1) is 5.13. The molecule has 1 saturated carbocycles. The zero-order valence-corrected chi connectivity index (χ0v) is 11.4. The fourth-order valence-corrected chi connectivity index (χ4v) is 1.51. The molecular formula is C7H11BF3KO. The molecule has 0 aromatic rings. The molecule has 1 rings (SSSR count). The topological polar surface area (TPSA) is 17.1 Å². The molecule has 0 heterocycles. The van der Waals surface area contributed by atoms with Crippen LogP contribution >= 0.6 is 0 Å². The van der Waals surface area contributed by atoms with Gasteiger partial charge in [0.2, 0.25) is 0 Å². The van der Waals surface area contributed by atoms with Gasteiger partial charge in [0.05, 0.1) is 0 Å². The minimum atomic E-state index is -4.91. The third kappa shape index (κ3) is 1.80. The van der Waals surface area contributed by atoms with Gasteiger partial charge in [-0.05, 0) is 11.7 Å². The van der Waals surface area contributed by atoms with E-state index in [0.717, 1.165) is 6.92 Å². The molecule has 1 aliphatic carbocycles. The summed E-state index contributed by atoms with van der Waals surface area (Å²) in [6.45, 7) is -1.04. The molecule has 0 bridgehead atoms. The van der Waals surface area contributed by atoms with Crippen molar-refractivity contribution in [3.8, 4) is 0 Å². The summed E-state index contributed by atoms with van der Waals surface area (Å²) in [4.78, 5) is 10.9. The molecule has 1 aliphatic rings. The number of halogens is 3.